The molecule has 0 aliphatic rings. The Balaban J connectivity index is 1.68. The number of alkyl halides is 3. The van der Waals surface area contributed by atoms with E-state index in [9.17, 15) is 22.4 Å². The number of para-hydroxylation sites is 1. The molecule has 0 saturated heterocycles. The first-order valence-corrected chi connectivity index (χ1v) is 7.49. The number of halogens is 4. The molecule has 0 bridgehead atoms. The summed E-state index contributed by atoms with van der Waals surface area (Å²) in [6.07, 6.45) is -4.85. The van der Waals surface area contributed by atoms with Crippen LogP contribution in [0.4, 0.5) is 17.6 Å². The van der Waals surface area contributed by atoms with Crippen molar-refractivity contribution in [3.05, 3.63) is 65.7 Å². The highest BCUT2D eigenvalue weighted by Gasteiger charge is 2.32. The Hall–Kier alpha value is -3.50. The standard InChI is InChI=1S/C16H11F4N5O2/c17-11-5-7-12(8-6-11)25-23-14(22-24-25)15(26)21-9-10-3-1-2-4-13(10)27-16(18,19)20/h1-8H,9H2,(H,21,26). The lowest BCUT2D eigenvalue weighted by molar-refractivity contribution is -0.274. The Kier molecular flexibility index (Phi) is 5.01. The first kappa shape index (κ1) is 18.3. The lowest BCUT2D eigenvalue weighted by Crippen LogP contribution is -2.25. The minimum atomic E-state index is -4.85. The summed E-state index contributed by atoms with van der Waals surface area (Å²) in [7, 11) is 0. The van der Waals surface area contributed by atoms with Gasteiger partial charge in [-0.25, -0.2) is 4.39 Å². The lowest BCUT2D eigenvalue weighted by Gasteiger charge is -2.13. The third-order valence-corrected chi connectivity index (χ3v) is 3.31. The van der Waals surface area contributed by atoms with Crippen molar-refractivity contribution in [1.82, 2.24) is 25.5 Å². The van der Waals surface area contributed by atoms with Gasteiger partial charge < -0.3 is 10.1 Å². The number of amides is 1. The van der Waals surface area contributed by atoms with Gasteiger partial charge in [0, 0.05) is 12.1 Å². The molecule has 0 unspecified atom stereocenters. The highest BCUT2D eigenvalue weighted by molar-refractivity contribution is 5.90. The number of aromatic nitrogens is 4. The SMILES string of the molecule is O=C(NCc1ccccc1OC(F)(F)F)c1nnn(-c2ccc(F)cc2)n1. The number of rotatable bonds is 5. The summed E-state index contributed by atoms with van der Waals surface area (Å²) >= 11 is 0. The topological polar surface area (TPSA) is 81.9 Å². The predicted octanol–water partition coefficient (Wildman–Crippen LogP) is 2.63. The quantitative estimate of drug-likeness (QED) is 0.687. The summed E-state index contributed by atoms with van der Waals surface area (Å²) in [6.45, 7) is -0.240. The van der Waals surface area contributed by atoms with Crippen molar-refractivity contribution in [2.24, 2.45) is 0 Å². The van der Waals surface area contributed by atoms with E-state index in [4.69, 9.17) is 0 Å². The Morgan fingerprint density at radius 3 is 2.52 bits per heavy atom. The van der Waals surface area contributed by atoms with Gasteiger partial charge in [0.15, 0.2) is 0 Å². The van der Waals surface area contributed by atoms with E-state index in [0.717, 1.165) is 10.9 Å². The molecule has 0 atom stereocenters. The molecule has 0 aliphatic heterocycles. The van der Waals surface area contributed by atoms with Crippen LogP contribution in [0.1, 0.15) is 16.2 Å². The van der Waals surface area contributed by atoms with Crippen molar-refractivity contribution >= 4 is 5.91 Å². The molecule has 1 heterocycles. The highest BCUT2D eigenvalue weighted by Crippen LogP contribution is 2.26. The van der Waals surface area contributed by atoms with Crippen LogP contribution in [0.3, 0.4) is 0 Å². The molecule has 1 amide bonds. The Morgan fingerprint density at radius 1 is 1.11 bits per heavy atom. The molecule has 0 saturated carbocycles. The number of tetrazole rings is 1. The fraction of sp³-hybridized carbons (Fsp3) is 0.125. The van der Waals surface area contributed by atoms with Crippen LogP contribution in [0.25, 0.3) is 5.69 Å². The smallest absolute Gasteiger partial charge is 0.405 e. The fourth-order valence-electron chi connectivity index (χ4n) is 2.12. The van der Waals surface area contributed by atoms with Gasteiger partial charge in [-0.1, -0.05) is 18.2 Å². The Morgan fingerprint density at radius 2 is 1.81 bits per heavy atom. The molecule has 0 spiro atoms. The Bertz CT molecular complexity index is 940. The monoisotopic (exact) mass is 381 g/mol. The molecule has 1 aromatic heterocycles. The second kappa shape index (κ2) is 7.40. The first-order chi connectivity index (χ1) is 12.8. The number of nitrogens with one attached hydrogen (secondary N) is 1. The van der Waals surface area contributed by atoms with E-state index in [-0.39, 0.29) is 17.9 Å². The Labute approximate surface area is 149 Å². The molecular weight excluding hydrogens is 370 g/mol. The van der Waals surface area contributed by atoms with Gasteiger partial charge in [0.25, 0.3) is 11.7 Å². The van der Waals surface area contributed by atoms with E-state index in [1.807, 2.05) is 0 Å². The summed E-state index contributed by atoms with van der Waals surface area (Å²) in [5.74, 6) is -1.91. The molecule has 0 radical (unpaired) electrons. The average Bonchev–Trinajstić information content (AvgIpc) is 3.10. The number of carbonyl (C=O) groups is 1. The summed E-state index contributed by atoms with van der Waals surface area (Å²) in [6, 6.07) is 10.6. The average molecular weight is 381 g/mol. The summed E-state index contributed by atoms with van der Waals surface area (Å²) in [4.78, 5) is 13.1. The highest BCUT2D eigenvalue weighted by atomic mass is 19.4. The van der Waals surface area contributed by atoms with Crippen LogP contribution in [-0.4, -0.2) is 32.5 Å². The second-order valence-corrected chi connectivity index (χ2v) is 5.22. The number of hydrogen-bond donors (Lipinski definition) is 1. The number of carbonyl (C=O) groups excluding carboxylic acids is 1. The molecule has 3 rings (SSSR count). The maximum Gasteiger partial charge on any atom is 0.573 e. The maximum atomic E-state index is 12.9. The maximum absolute atomic E-state index is 12.9. The summed E-state index contributed by atoms with van der Waals surface area (Å²) in [5.41, 5.74) is 0.501. The van der Waals surface area contributed by atoms with Crippen molar-refractivity contribution in [3.8, 4) is 11.4 Å². The summed E-state index contributed by atoms with van der Waals surface area (Å²) in [5, 5.41) is 13.5. The van der Waals surface area contributed by atoms with Crippen molar-refractivity contribution in [1.29, 1.82) is 0 Å². The van der Waals surface area contributed by atoms with Crippen molar-refractivity contribution < 1.29 is 27.1 Å². The molecular formula is C16H11F4N5O2. The van der Waals surface area contributed by atoms with Gasteiger partial charge >= 0.3 is 6.36 Å². The van der Waals surface area contributed by atoms with Gasteiger partial charge in [-0.3, -0.25) is 4.79 Å². The zero-order chi connectivity index (χ0) is 19.4. The first-order valence-electron chi connectivity index (χ1n) is 7.49. The van der Waals surface area contributed by atoms with E-state index in [0.29, 0.717) is 5.69 Å². The van der Waals surface area contributed by atoms with Gasteiger partial charge in [-0.15, -0.1) is 28.2 Å². The third-order valence-electron chi connectivity index (χ3n) is 3.31. The number of ether oxygens (including phenoxy) is 1. The lowest BCUT2D eigenvalue weighted by atomic mass is 10.2. The van der Waals surface area contributed by atoms with E-state index < -0.39 is 23.8 Å². The normalized spacial score (nSPS) is 11.3. The zero-order valence-corrected chi connectivity index (χ0v) is 13.4. The van der Waals surface area contributed by atoms with Gasteiger partial charge in [0.1, 0.15) is 11.6 Å². The predicted molar refractivity (Wildman–Crippen MR) is 83.4 cm³/mol. The van der Waals surface area contributed by atoms with Gasteiger partial charge in [0.05, 0.1) is 5.69 Å². The largest absolute Gasteiger partial charge is 0.573 e. The van der Waals surface area contributed by atoms with Crippen molar-refractivity contribution in [3.63, 3.8) is 0 Å². The van der Waals surface area contributed by atoms with Crippen molar-refractivity contribution in [2.75, 3.05) is 0 Å². The van der Waals surface area contributed by atoms with Gasteiger partial charge in [-0.05, 0) is 35.5 Å². The molecule has 11 heteroatoms. The van der Waals surface area contributed by atoms with Crippen molar-refractivity contribution in [2.45, 2.75) is 12.9 Å². The number of benzene rings is 2. The van der Waals surface area contributed by atoms with Crippen LogP contribution in [0.15, 0.2) is 48.5 Å². The molecule has 27 heavy (non-hydrogen) atoms. The van der Waals surface area contributed by atoms with Gasteiger partial charge in [0.2, 0.25) is 0 Å². The van der Waals surface area contributed by atoms with Crippen LogP contribution >= 0.6 is 0 Å². The summed E-state index contributed by atoms with van der Waals surface area (Å²) < 4.78 is 54.1. The number of hydrogen-bond acceptors (Lipinski definition) is 5. The van der Waals surface area contributed by atoms with Crippen LogP contribution in [0, 0.1) is 5.82 Å². The van der Waals surface area contributed by atoms with Crippen LogP contribution < -0.4 is 10.1 Å². The van der Waals surface area contributed by atoms with Crippen LogP contribution in [0.2, 0.25) is 0 Å². The van der Waals surface area contributed by atoms with Gasteiger partial charge in [-0.2, -0.15) is 0 Å². The molecule has 0 aliphatic carbocycles. The van der Waals surface area contributed by atoms with E-state index in [1.165, 1.54) is 42.5 Å². The molecule has 1 N–H and O–H groups in total. The zero-order valence-electron chi connectivity index (χ0n) is 13.4. The fourth-order valence-corrected chi connectivity index (χ4v) is 2.12. The van der Waals surface area contributed by atoms with E-state index >= 15 is 0 Å². The van der Waals surface area contributed by atoms with E-state index in [2.05, 4.69) is 25.5 Å². The second-order valence-electron chi connectivity index (χ2n) is 5.22. The van der Waals surface area contributed by atoms with E-state index in [1.54, 1.807) is 0 Å². The minimum Gasteiger partial charge on any atom is -0.405 e. The third kappa shape index (κ3) is 4.77. The molecule has 2 aromatic carbocycles. The number of nitrogens with zero attached hydrogens (tertiary/aromatic N) is 4. The molecule has 7 nitrogen and oxygen atoms in total. The van der Waals surface area contributed by atoms with Crippen LogP contribution in [-0.2, 0) is 6.54 Å². The van der Waals surface area contributed by atoms with Crippen LogP contribution in [0.5, 0.6) is 5.75 Å². The minimum absolute atomic E-state index is 0.120. The molecule has 3 aromatic rings. The molecule has 140 valence electrons. The molecule has 0 fully saturated rings.